The Balaban J connectivity index is 1.04. The van der Waals surface area contributed by atoms with Crippen molar-refractivity contribution in [3.8, 4) is 11.6 Å². The van der Waals surface area contributed by atoms with Crippen LogP contribution in [0.5, 0.6) is 11.6 Å². The van der Waals surface area contributed by atoms with E-state index >= 15 is 0 Å². The van der Waals surface area contributed by atoms with E-state index < -0.39 is 17.6 Å². The topological polar surface area (TPSA) is 79.7 Å². The summed E-state index contributed by atoms with van der Waals surface area (Å²) in [6.45, 7) is 6.01. The maximum atomic E-state index is 13.6. The van der Waals surface area contributed by atoms with Crippen molar-refractivity contribution < 1.29 is 27.5 Å². The minimum Gasteiger partial charge on any atom is -0.439 e. The molecule has 6 rings (SSSR count). The summed E-state index contributed by atoms with van der Waals surface area (Å²) in [6, 6.07) is 23.4. The van der Waals surface area contributed by atoms with Crippen molar-refractivity contribution >= 4 is 28.4 Å². The Morgan fingerprint density at radius 1 is 0.875 bits per heavy atom. The summed E-state index contributed by atoms with van der Waals surface area (Å²) in [7, 11) is 1.87. The van der Waals surface area contributed by atoms with Gasteiger partial charge in [-0.3, -0.25) is 14.5 Å². The van der Waals surface area contributed by atoms with E-state index in [4.69, 9.17) is 4.74 Å². The number of fused-ring (bicyclic) bond motifs is 1. The van der Waals surface area contributed by atoms with Crippen LogP contribution < -0.4 is 10.1 Å². The number of piperazine rings is 1. The molecular weight excluding hydrogens is 619 g/mol. The van der Waals surface area contributed by atoms with Crippen LogP contribution in [0, 0.1) is 0 Å². The lowest BCUT2D eigenvalue weighted by molar-refractivity contribution is -0.137. The number of aromatic nitrogens is 2. The molecule has 0 unspecified atom stereocenters. The van der Waals surface area contributed by atoms with Gasteiger partial charge in [-0.1, -0.05) is 37.6 Å². The zero-order valence-electron chi connectivity index (χ0n) is 26.8. The minimum atomic E-state index is -4.47. The van der Waals surface area contributed by atoms with Crippen molar-refractivity contribution in [3.63, 3.8) is 0 Å². The number of amides is 2. The zero-order valence-corrected chi connectivity index (χ0v) is 26.8. The van der Waals surface area contributed by atoms with E-state index in [2.05, 4.69) is 46.4 Å². The van der Waals surface area contributed by atoms with Crippen LogP contribution in [-0.4, -0.2) is 57.3 Å². The third kappa shape index (κ3) is 7.52. The third-order valence-electron chi connectivity index (χ3n) is 8.55. The van der Waals surface area contributed by atoms with Crippen LogP contribution in [0.2, 0.25) is 0 Å². The second-order valence-corrected chi connectivity index (χ2v) is 12.0. The average Bonchev–Trinajstić information content (AvgIpc) is 3.41. The summed E-state index contributed by atoms with van der Waals surface area (Å²) < 4.78 is 46.3. The van der Waals surface area contributed by atoms with Crippen molar-refractivity contribution in [2.24, 2.45) is 7.05 Å². The molecule has 1 saturated heterocycles. The normalized spacial score (nSPS) is 13.9. The van der Waals surface area contributed by atoms with Crippen molar-refractivity contribution in [3.05, 3.63) is 119 Å². The summed E-state index contributed by atoms with van der Waals surface area (Å²) in [5, 5.41) is 3.53. The molecule has 0 saturated carbocycles. The maximum Gasteiger partial charge on any atom is 0.416 e. The first-order chi connectivity index (χ1) is 23.1. The highest BCUT2D eigenvalue weighted by Gasteiger charge is 2.30. The number of benzene rings is 3. The Hall–Kier alpha value is -5.16. The Labute approximate surface area is 276 Å². The predicted molar refractivity (Wildman–Crippen MR) is 178 cm³/mol. The Bertz CT molecular complexity index is 1890. The molecule has 3 heterocycles. The van der Waals surface area contributed by atoms with E-state index in [0.29, 0.717) is 30.2 Å². The minimum absolute atomic E-state index is 0.00432. The highest BCUT2D eigenvalue weighted by molar-refractivity contribution is 6.04. The molecule has 11 heteroatoms. The zero-order chi connectivity index (χ0) is 33.8. The van der Waals surface area contributed by atoms with Crippen LogP contribution in [0.25, 0.3) is 10.9 Å². The molecule has 0 radical (unpaired) electrons. The number of ether oxygens (including phenoxy) is 1. The second-order valence-electron chi connectivity index (χ2n) is 12.0. The van der Waals surface area contributed by atoms with Crippen molar-refractivity contribution in [2.75, 3.05) is 31.5 Å². The van der Waals surface area contributed by atoms with Crippen molar-refractivity contribution in [1.29, 1.82) is 0 Å². The van der Waals surface area contributed by atoms with Crippen LogP contribution in [-0.2, 0) is 26.2 Å². The van der Waals surface area contributed by atoms with E-state index in [1.807, 2.05) is 34.7 Å². The summed E-state index contributed by atoms with van der Waals surface area (Å²) >= 11 is 0. The van der Waals surface area contributed by atoms with Gasteiger partial charge in [0, 0.05) is 62.9 Å². The molecule has 5 aromatic rings. The molecule has 2 amide bonds. The quantitative estimate of drug-likeness (QED) is 0.178. The maximum absolute atomic E-state index is 13.6. The second kappa shape index (κ2) is 13.9. The third-order valence-corrected chi connectivity index (χ3v) is 8.55. The van der Waals surface area contributed by atoms with Gasteiger partial charge >= 0.3 is 6.18 Å². The van der Waals surface area contributed by atoms with Gasteiger partial charge in [0.15, 0.2) is 0 Å². The van der Waals surface area contributed by atoms with Gasteiger partial charge < -0.3 is 19.5 Å². The van der Waals surface area contributed by atoms with Gasteiger partial charge in [-0.25, -0.2) is 4.98 Å². The van der Waals surface area contributed by atoms with Gasteiger partial charge in [0.25, 0.3) is 11.8 Å². The van der Waals surface area contributed by atoms with E-state index in [0.717, 1.165) is 67.6 Å². The molecule has 48 heavy (non-hydrogen) atoms. The largest absolute Gasteiger partial charge is 0.439 e. The standard InChI is InChI=1S/C37H36F3N5O3/c1-3-4-25-5-7-26(8-6-25)24-44-17-19-45(20-18-44)36(47)33-21-28-11-15-31(22-32(28)43(33)2)48-34-16-14-30(23-41-34)42-35(46)27-9-12-29(13-10-27)37(38,39)40/h5-16,21-23H,3-4,17-20,24H2,1-2H3,(H,42,46). The first-order valence-electron chi connectivity index (χ1n) is 15.9. The van der Waals surface area contributed by atoms with Gasteiger partial charge in [-0.2, -0.15) is 13.2 Å². The van der Waals surface area contributed by atoms with E-state index in [1.165, 1.54) is 17.3 Å². The van der Waals surface area contributed by atoms with Crippen LogP contribution in [0.1, 0.15) is 50.9 Å². The van der Waals surface area contributed by atoms with Crippen LogP contribution in [0.4, 0.5) is 18.9 Å². The fourth-order valence-electron chi connectivity index (χ4n) is 5.86. The first-order valence-corrected chi connectivity index (χ1v) is 15.9. The summed E-state index contributed by atoms with van der Waals surface area (Å²) in [5.74, 6) is 0.235. The number of hydrogen-bond acceptors (Lipinski definition) is 5. The number of anilines is 1. The van der Waals surface area contributed by atoms with Crippen LogP contribution in [0.15, 0.2) is 91.1 Å². The summed E-state index contributed by atoms with van der Waals surface area (Å²) in [4.78, 5) is 34.6. The number of hydrogen-bond donors (Lipinski definition) is 1. The highest BCUT2D eigenvalue weighted by atomic mass is 19.4. The van der Waals surface area contributed by atoms with Crippen molar-refractivity contribution in [1.82, 2.24) is 19.4 Å². The lowest BCUT2D eigenvalue weighted by atomic mass is 10.1. The number of alkyl halides is 3. The number of nitrogens with one attached hydrogen (secondary N) is 1. The first kappa shape index (κ1) is 32.8. The number of nitrogens with zero attached hydrogens (tertiary/aromatic N) is 4. The number of carbonyl (C=O) groups is 2. The molecular formula is C37H36F3N5O3. The Morgan fingerprint density at radius 2 is 1.58 bits per heavy atom. The van der Waals surface area contributed by atoms with E-state index in [1.54, 1.807) is 18.2 Å². The Morgan fingerprint density at radius 3 is 2.23 bits per heavy atom. The summed E-state index contributed by atoms with van der Waals surface area (Å²) in [6.07, 6.45) is -0.841. The number of halogens is 3. The SMILES string of the molecule is CCCc1ccc(CN2CCN(C(=O)c3cc4ccc(Oc5ccc(NC(=O)c6ccc(C(F)(F)F)cc6)cn5)cc4n3C)CC2)cc1. The van der Waals surface area contributed by atoms with Gasteiger partial charge in [-0.15, -0.1) is 0 Å². The lowest BCUT2D eigenvalue weighted by Crippen LogP contribution is -2.48. The smallest absolute Gasteiger partial charge is 0.416 e. The molecule has 0 bridgehead atoms. The molecule has 8 nitrogen and oxygen atoms in total. The van der Waals surface area contributed by atoms with Gasteiger partial charge in [-0.05, 0) is 66.1 Å². The summed E-state index contributed by atoms with van der Waals surface area (Å²) in [5.41, 5.74) is 3.71. The number of aryl methyl sites for hydroxylation is 2. The molecule has 1 N–H and O–H groups in total. The number of carbonyl (C=O) groups excluding carboxylic acids is 2. The van der Waals surface area contributed by atoms with Gasteiger partial charge in [0.05, 0.1) is 23.0 Å². The average molecular weight is 656 g/mol. The number of rotatable bonds is 9. The monoisotopic (exact) mass is 655 g/mol. The number of pyridine rings is 1. The van der Waals surface area contributed by atoms with E-state index in [9.17, 15) is 22.8 Å². The van der Waals surface area contributed by atoms with Crippen LogP contribution >= 0.6 is 0 Å². The van der Waals surface area contributed by atoms with Crippen LogP contribution in [0.3, 0.4) is 0 Å². The molecule has 1 aliphatic rings. The molecule has 0 aliphatic carbocycles. The molecule has 0 spiro atoms. The Kier molecular flexibility index (Phi) is 9.49. The molecule has 0 atom stereocenters. The molecule has 2 aromatic heterocycles. The lowest BCUT2D eigenvalue weighted by Gasteiger charge is -2.34. The molecule has 1 aliphatic heterocycles. The predicted octanol–water partition coefficient (Wildman–Crippen LogP) is 7.55. The van der Waals surface area contributed by atoms with Gasteiger partial charge in [0.1, 0.15) is 11.4 Å². The molecule has 248 valence electrons. The highest BCUT2D eigenvalue weighted by Crippen LogP contribution is 2.30. The van der Waals surface area contributed by atoms with Crippen molar-refractivity contribution in [2.45, 2.75) is 32.5 Å². The molecule has 1 fully saturated rings. The fraction of sp³-hybridized carbons (Fsp3) is 0.270. The molecule has 3 aromatic carbocycles. The fourth-order valence-corrected chi connectivity index (χ4v) is 5.86. The van der Waals surface area contributed by atoms with Gasteiger partial charge in [0.2, 0.25) is 5.88 Å². The van der Waals surface area contributed by atoms with E-state index in [-0.39, 0.29) is 17.4 Å².